The van der Waals surface area contributed by atoms with Gasteiger partial charge in [-0.05, 0) is 137 Å². The lowest BCUT2D eigenvalue weighted by Gasteiger charge is -2.52. The van der Waals surface area contributed by atoms with Crippen molar-refractivity contribution in [1.82, 2.24) is 0 Å². The highest BCUT2D eigenvalue weighted by Gasteiger charge is 2.57. The number of thiocarbonyl (C=S) groups is 1. The smallest absolute Gasteiger partial charge is 0.303 e. The molecule has 1 unspecified atom stereocenters. The number of carboxylic acids is 3. The third kappa shape index (κ3) is 18.9. The SMILES string of the molecule is CCCCCCCCCCCCC(c1c(C(C)(C)C)cc(CCC(=O)O)cc1C(C)(C)C)C(C(=S)OCC(CO)(CO)CO)(c1c(C(C)(C)C)cc(CCC(=O)O)cc1C(C)(C)C)c1c(C(C)(C)C)cc(CCC(=O)O)cc1C(C)(C)C. The Kier molecular flexibility index (Phi) is 25.8. The molecule has 82 heavy (non-hydrogen) atoms. The van der Waals surface area contributed by atoms with Gasteiger partial charge in [0.25, 0.3) is 0 Å². The number of aliphatic carboxylic acids is 3. The Bertz CT molecular complexity index is 2400. The van der Waals surface area contributed by atoms with E-state index in [4.69, 9.17) is 17.0 Å². The minimum Gasteiger partial charge on any atom is -0.485 e. The number of aliphatic hydroxyl groups excluding tert-OH is 3. The summed E-state index contributed by atoms with van der Waals surface area (Å²) in [5.41, 5.74) is 4.99. The molecule has 3 aromatic carbocycles. The first-order valence-electron chi connectivity index (χ1n) is 30.9. The zero-order valence-electron chi connectivity index (χ0n) is 54.6. The van der Waals surface area contributed by atoms with Crippen LogP contribution in [0.5, 0.6) is 0 Å². The second-order valence-corrected chi connectivity index (χ2v) is 30.7. The van der Waals surface area contributed by atoms with E-state index in [9.17, 15) is 45.0 Å². The number of unbranched alkanes of at least 4 members (excludes halogenated alkanes) is 9. The zero-order valence-corrected chi connectivity index (χ0v) is 55.4. The predicted octanol–water partition coefficient (Wildman–Crippen LogP) is 16.2. The second kappa shape index (κ2) is 29.3. The fourth-order valence-corrected chi connectivity index (χ4v) is 12.4. The summed E-state index contributed by atoms with van der Waals surface area (Å²) in [5.74, 6) is -3.24. The van der Waals surface area contributed by atoms with Crippen LogP contribution < -0.4 is 0 Å². The standard InChI is InChI=1S/C71H112O10S/c1-20-21-22-23-24-25-26-27-28-29-30-50(60-51(64(2,3)4)37-47(31-34-57(75)76)38-52(60)65(5,6)7)71(63(82)81-46-70(43-72,44-73)45-74,61-53(66(8,9)10)39-48(32-35-58(77)78)40-54(61)67(11,12)13)62-55(68(14,15)16)41-49(33-36-59(79)80)42-56(62)69(17,18)19/h37-42,50,72-74H,20-36,43-46H2,1-19H3,(H,75,76)(H,77,78)(H,79,80). The van der Waals surface area contributed by atoms with Crippen molar-refractivity contribution < 1.29 is 49.8 Å². The molecule has 0 aliphatic carbocycles. The first kappa shape index (κ1) is 72.1. The van der Waals surface area contributed by atoms with Gasteiger partial charge in [-0.3, -0.25) is 14.4 Å². The summed E-state index contributed by atoms with van der Waals surface area (Å²) in [6, 6.07) is 13.2. The van der Waals surface area contributed by atoms with E-state index >= 15 is 0 Å². The Morgan fingerprint density at radius 2 is 0.707 bits per heavy atom. The minimum atomic E-state index is -1.50. The maximum Gasteiger partial charge on any atom is 0.303 e. The fraction of sp³-hybridized carbons (Fsp3) is 0.690. The molecule has 0 saturated carbocycles. The molecule has 0 aliphatic rings. The molecule has 0 amide bonds. The Hall–Kier alpha value is -4.16. The van der Waals surface area contributed by atoms with Gasteiger partial charge in [0.05, 0.1) is 30.7 Å². The molecule has 0 aliphatic heterocycles. The lowest BCUT2D eigenvalue weighted by molar-refractivity contribution is -0.138. The number of carbonyl (C=O) groups is 3. The van der Waals surface area contributed by atoms with Gasteiger partial charge >= 0.3 is 17.9 Å². The van der Waals surface area contributed by atoms with Gasteiger partial charge in [0.2, 0.25) is 0 Å². The van der Waals surface area contributed by atoms with E-state index in [2.05, 4.69) is 168 Å². The van der Waals surface area contributed by atoms with E-state index in [1.54, 1.807) is 0 Å². The van der Waals surface area contributed by atoms with E-state index in [-0.39, 0.29) is 43.8 Å². The van der Waals surface area contributed by atoms with Gasteiger partial charge in [-0.25, -0.2) is 0 Å². The zero-order chi connectivity index (χ0) is 62.6. The Morgan fingerprint density at radius 1 is 0.439 bits per heavy atom. The van der Waals surface area contributed by atoms with Crippen molar-refractivity contribution in [2.75, 3.05) is 26.4 Å². The topological polar surface area (TPSA) is 182 Å². The highest BCUT2D eigenvalue weighted by atomic mass is 32.1. The van der Waals surface area contributed by atoms with Gasteiger partial charge < -0.3 is 35.4 Å². The van der Waals surface area contributed by atoms with Crippen LogP contribution in [-0.2, 0) is 76.3 Å². The van der Waals surface area contributed by atoms with Crippen LogP contribution in [0.1, 0.15) is 294 Å². The van der Waals surface area contributed by atoms with Gasteiger partial charge in [0.1, 0.15) is 6.61 Å². The van der Waals surface area contributed by atoms with Crippen LogP contribution in [0.2, 0.25) is 0 Å². The van der Waals surface area contributed by atoms with Gasteiger partial charge in [-0.2, -0.15) is 0 Å². The van der Waals surface area contributed by atoms with Crippen molar-refractivity contribution in [1.29, 1.82) is 0 Å². The molecular weight excluding hydrogens is 1040 g/mol. The van der Waals surface area contributed by atoms with E-state index in [0.29, 0.717) is 12.8 Å². The molecular formula is C71H112O10S. The van der Waals surface area contributed by atoms with Crippen LogP contribution in [0.4, 0.5) is 0 Å². The van der Waals surface area contributed by atoms with Crippen molar-refractivity contribution in [3.8, 4) is 0 Å². The number of hydrogen-bond acceptors (Lipinski definition) is 8. The highest BCUT2D eigenvalue weighted by molar-refractivity contribution is 7.80. The van der Waals surface area contributed by atoms with Gasteiger partial charge in [0.15, 0.2) is 5.05 Å². The minimum absolute atomic E-state index is 0.0467. The van der Waals surface area contributed by atoms with E-state index < -0.39 is 87.0 Å². The van der Waals surface area contributed by atoms with E-state index in [1.165, 1.54) is 32.1 Å². The molecule has 0 heterocycles. The lowest BCUT2D eigenvalue weighted by atomic mass is 9.52. The Labute approximate surface area is 502 Å². The summed E-state index contributed by atoms with van der Waals surface area (Å²) in [4.78, 5) is 37.4. The van der Waals surface area contributed by atoms with Crippen molar-refractivity contribution >= 4 is 35.2 Å². The molecule has 0 spiro atoms. The first-order chi connectivity index (χ1) is 37.7. The van der Waals surface area contributed by atoms with Crippen LogP contribution in [-0.4, -0.2) is 80.0 Å². The number of ether oxygens (including phenoxy) is 1. The lowest BCUT2D eigenvalue weighted by Crippen LogP contribution is -2.51. The summed E-state index contributed by atoms with van der Waals surface area (Å²) in [5, 5.41) is 64.2. The fourth-order valence-electron chi connectivity index (χ4n) is 12.0. The molecule has 6 N–H and O–H groups in total. The normalized spacial score (nSPS) is 13.6. The molecule has 0 bridgehead atoms. The van der Waals surface area contributed by atoms with Crippen molar-refractivity contribution in [3.63, 3.8) is 0 Å². The largest absolute Gasteiger partial charge is 0.485 e. The van der Waals surface area contributed by atoms with E-state index in [1.807, 2.05) is 0 Å². The summed E-state index contributed by atoms with van der Waals surface area (Å²) >= 11 is 7.37. The summed E-state index contributed by atoms with van der Waals surface area (Å²) in [6.45, 7) is 39.9. The third-order valence-corrected chi connectivity index (χ3v) is 17.2. The number of aryl methyl sites for hydroxylation is 3. The Balaban J connectivity index is 3.21. The van der Waals surface area contributed by atoms with Crippen molar-refractivity contribution in [2.45, 2.75) is 285 Å². The number of benzene rings is 3. The second-order valence-electron chi connectivity index (χ2n) is 30.3. The molecule has 0 saturated heterocycles. The van der Waals surface area contributed by atoms with Gasteiger partial charge in [-0.1, -0.05) is 232 Å². The number of aliphatic hydroxyl groups is 3. The van der Waals surface area contributed by atoms with Crippen LogP contribution >= 0.6 is 12.2 Å². The highest BCUT2D eigenvalue weighted by Crippen LogP contribution is 2.60. The third-order valence-electron chi connectivity index (χ3n) is 16.7. The summed E-state index contributed by atoms with van der Waals surface area (Å²) < 4.78 is 7.42. The Morgan fingerprint density at radius 3 is 0.963 bits per heavy atom. The molecule has 0 aromatic heterocycles. The van der Waals surface area contributed by atoms with Crippen molar-refractivity contribution in [2.24, 2.45) is 5.41 Å². The summed E-state index contributed by atoms with van der Waals surface area (Å²) in [7, 11) is 0. The molecule has 462 valence electrons. The first-order valence-corrected chi connectivity index (χ1v) is 31.3. The van der Waals surface area contributed by atoms with E-state index in [0.717, 1.165) is 98.9 Å². The summed E-state index contributed by atoms with van der Waals surface area (Å²) in [6.07, 6.45) is 12.5. The quantitative estimate of drug-likeness (QED) is 0.0276. The maximum atomic E-state index is 12.5. The number of rotatable bonds is 30. The monoisotopic (exact) mass is 1160 g/mol. The van der Waals surface area contributed by atoms with Gasteiger partial charge in [0, 0.05) is 25.2 Å². The molecule has 3 aromatic rings. The van der Waals surface area contributed by atoms with Crippen molar-refractivity contribution in [3.05, 3.63) is 103 Å². The molecule has 11 heteroatoms. The molecule has 0 fully saturated rings. The van der Waals surface area contributed by atoms with Crippen LogP contribution in [0.25, 0.3) is 0 Å². The number of hydrogen-bond donors (Lipinski definition) is 6. The van der Waals surface area contributed by atoms with Gasteiger partial charge in [-0.15, -0.1) is 0 Å². The van der Waals surface area contributed by atoms with Crippen LogP contribution in [0.3, 0.4) is 0 Å². The maximum absolute atomic E-state index is 12.5. The van der Waals surface area contributed by atoms with Crippen LogP contribution in [0.15, 0.2) is 36.4 Å². The molecule has 3 rings (SSSR count). The molecule has 1 atom stereocenters. The van der Waals surface area contributed by atoms with Crippen LogP contribution in [0, 0.1) is 5.41 Å². The average molecular weight is 1160 g/mol. The molecule has 0 radical (unpaired) electrons. The average Bonchev–Trinajstić information content (AvgIpc) is 1.22. The predicted molar refractivity (Wildman–Crippen MR) is 342 cm³/mol. The molecule has 10 nitrogen and oxygen atoms in total. The number of carboxylic acid groups (broad SMARTS) is 3.